The number of fused-ring (bicyclic) bond motifs is 1. The van der Waals surface area contributed by atoms with Crippen LogP contribution in [0, 0.1) is 11.7 Å². The average Bonchev–Trinajstić information content (AvgIpc) is 3.21. The highest BCUT2D eigenvalue weighted by Gasteiger charge is 2.21. The van der Waals surface area contributed by atoms with Crippen molar-refractivity contribution in [3.63, 3.8) is 0 Å². The Labute approximate surface area is 153 Å². The molecule has 1 fully saturated rings. The number of aromatic nitrogens is 3. The predicted molar refractivity (Wildman–Crippen MR) is 98.2 cm³/mol. The molecule has 0 saturated heterocycles. The van der Waals surface area contributed by atoms with Crippen molar-refractivity contribution in [2.24, 2.45) is 5.92 Å². The van der Waals surface area contributed by atoms with Crippen LogP contribution in [0.25, 0.3) is 11.4 Å². The summed E-state index contributed by atoms with van der Waals surface area (Å²) in [4.78, 5) is 12.3. The lowest BCUT2D eigenvalue weighted by Crippen LogP contribution is -2.15. The molecular weight excluding hydrogens is 331 g/mol. The first-order chi connectivity index (χ1) is 12.7. The Morgan fingerprint density at radius 2 is 2.00 bits per heavy atom. The molecule has 2 aliphatic rings. The zero-order chi connectivity index (χ0) is 17.9. The molecule has 0 radical (unpaired) electrons. The van der Waals surface area contributed by atoms with Gasteiger partial charge >= 0.3 is 0 Å². The monoisotopic (exact) mass is 356 g/mol. The summed E-state index contributed by atoms with van der Waals surface area (Å²) in [7, 11) is 0. The van der Waals surface area contributed by atoms with E-state index in [0.29, 0.717) is 29.4 Å². The van der Waals surface area contributed by atoms with E-state index in [2.05, 4.69) is 15.5 Å². The van der Waals surface area contributed by atoms with E-state index in [9.17, 15) is 9.18 Å². The average molecular weight is 356 g/mol. The molecule has 0 spiro atoms. The number of anilines is 1. The van der Waals surface area contributed by atoms with Crippen LogP contribution < -0.4 is 5.32 Å². The van der Waals surface area contributed by atoms with Gasteiger partial charge in [-0.25, -0.2) is 4.39 Å². The quantitative estimate of drug-likeness (QED) is 0.887. The summed E-state index contributed by atoms with van der Waals surface area (Å²) in [6.07, 6.45) is 9.44. The van der Waals surface area contributed by atoms with Gasteiger partial charge in [-0.05, 0) is 49.8 Å². The predicted octanol–water partition coefficient (Wildman–Crippen LogP) is 4.33. The van der Waals surface area contributed by atoms with Crippen LogP contribution >= 0.6 is 0 Å². The summed E-state index contributed by atoms with van der Waals surface area (Å²) in [6.45, 7) is 0.815. The summed E-state index contributed by atoms with van der Waals surface area (Å²) in [5, 5.41) is 11.4. The summed E-state index contributed by atoms with van der Waals surface area (Å²) in [5.74, 6) is 1.65. The minimum atomic E-state index is -0.335. The van der Waals surface area contributed by atoms with Crippen molar-refractivity contribution in [1.29, 1.82) is 0 Å². The molecule has 4 rings (SSSR count). The van der Waals surface area contributed by atoms with Crippen LogP contribution in [0.3, 0.4) is 0 Å². The Morgan fingerprint density at radius 3 is 2.85 bits per heavy atom. The number of carbonyl (C=O) groups excluding carboxylic acids is 1. The molecule has 1 aliphatic heterocycles. The molecule has 1 N–H and O–H groups in total. The number of rotatable bonds is 4. The molecular formula is C20H25FN4O. The van der Waals surface area contributed by atoms with Gasteiger partial charge < -0.3 is 9.88 Å². The first-order valence-electron chi connectivity index (χ1n) is 9.72. The topological polar surface area (TPSA) is 59.8 Å². The summed E-state index contributed by atoms with van der Waals surface area (Å²) in [5.41, 5.74) is 1.03. The fourth-order valence-electron chi connectivity index (χ4n) is 4.15. The maximum Gasteiger partial charge on any atom is 0.224 e. The first-order valence-corrected chi connectivity index (χ1v) is 9.72. The van der Waals surface area contributed by atoms with Crippen molar-refractivity contribution in [3.8, 4) is 11.4 Å². The minimum absolute atomic E-state index is 0.00882. The maximum atomic E-state index is 14.5. The Kier molecular flexibility index (Phi) is 5.00. The lowest BCUT2D eigenvalue weighted by molar-refractivity contribution is -0.117. The van der Waals surface area contributed by atoms with Crippen molar-refractivity contribution < 1.29 is 9.18 Å². The number of halogens is 1. The molecule has 5 nitrogen and oxygen atoms in total. The molecule has 1 amide bonds. The number of benzene rings is 1. The molecule has 2 aromatic rings. The third-order valence-electron chi connectivity index (χ3n) is 5.55. The lowest BCUT2D eigenvalue weighted by atomic mass is 10.0. The van der Waals surface area contributed by atoms with E-state index >= 15 is 0 Å². The van der Waals surface area contributed by atoms with Crippen LogP contribution in [-0.2, 0) is 17.8 Å². The molecule has 0 unspecified atom stereocenters. The second-order valence-corrected chi connectivity index (χ2v) is 7.50. The highest BCUT2D eigenvalue weighted by atomic mass is 19.1. The zero-order valence-corrected chi connectivity index (χ0v) is 15.0. The Balaban J connectivity index is 1.55. The number of nitrogens with one attached hydrogen (secondary N) is 1. The van der Waals surface area contributed by atoms with Crippen molar-refractivity contribution >= 4 is 11.6 Å². The van der Waals surface area contributed by atoms with Gasteiger partial charge in [0, 0.05) is 25.1 Å². The largest absolute Gasteiger partial charge is 0.326 e. The van der Waals surface area contributed by atoms with Gasteiger partial charge in [0.05, 0.1) is 5.56 Å². The normalized spacial score (nSPS) is 17.7. The van der Waals surface area contributed by atoms with E-state index < -0.39 is 0 Å². The highest BCUT2D eigenvalue weighted by Crippen LogP contribution is 2.29. The molecule has 0 bridgehead atoms. The highest BCUT2D eigenvalue weighted by molar-refractivity contribution is 5.91. The van der Waals surface area contributed by atoms with E-state index in [1.54, 1.807) is 12.1 Å². The van der Waals surface area contributed by atoms with Crippen molar-refractivity contribution in [3.05, 3.63) is 29.8 Å². The summed E-state index contributed by atoms with van der Waals surface area (Å²) < 4.78 is 16.5. The SMILES string of the molecule is O=C(CC1CCCC1)Nc1ccc(F)c(-c2nnc3n2CCCCC3)c1. The molecule has 6 heteroatoms. The number of nitrogens with zero attached hydrogens (tertiary/aromatic N) is 3. The molecule has 1 saturated carbocycles. The van der Waals surface area contributed by atoms with Crippen LogP contribution in [0.1, 0.15) is 57.2 Å². The van der Waals surface area contributed by atoms with Gasteiger partial charge in [0.15, 0.2) is 5.82 Å². The van der Waals surface area contributed by atoms with Gasteiger partial charge in [0.1, 0.15) is 11.6 Å². The van der Waals surface area contributed by atoms with Gasteiger partial charge in [0.25, 0.3) is 0 Å². The first kappa shape index (κ1) is 17.2. The number of carbonyl (C=O) groups is 1. The molecule has 0 atom stereocenters. The van der Waals surface area contributed by atoms with E-state index in [-0.39, 0.29) is 11.7 Å². The van der Waals surface area contributed by atoms with Gasteiger partial charge in [-0.15, -0.1) is 10.2 Å². The van der Waals surface area contributed by atoms with E-state index in [4.69, 9.17) is 0 Å². The zero-order valence-electron chi connectivity index (χ0n) is 15.0. The van der Waals surface area contributed by atoms with Crippen LogP contribution in [0.4, 0.5) is 10.1 Å². The minimum Gasteiger partial charge on any atom is -0.326 e. The third-order valence-corrected chi connectivity index (χ3v) is 5.55. The molecule has 1 aromatic carbocycles. The van der Waals surface area contributed by atoms with Crippen LogP contribution in [0.2, 0.25) is 0 Å². The standard InChI is InChI=1S/C20H25FN4O/c21-17-10-9-15(22-19(26)12-14-6-3-4-7-14)13-16(17)20-24-23-18-8-2-1-5-11-25(18)20/h9-10,13-14H,1-8,11-12H2,(H,22,26). The van der Waals surface area contributed by atoms with Gasteiger partial charge in [-0.1, -0.05) is 19.3 Å². The number of amides is 1. The lowest BCUT2D eigenvalue weighted by Gasteiger charge is -2.12. The van der Waals surface area contributed by atoms with E-state index in [0.717, 1.165) is 50.9 Å². The van der Waals surface area contributed by atoms with Crippen molar-refractivity contribution in [2.45, 2.75) is 64.3 Å². The molecule has 138 valence electrons. The van der Waals surface area contributed by atoms with Crippen molar-refractivity contribution in [2.75, 3.05) is 5.32 Å². The Hall–Kier alpha value is -2.24. The van der Waals surface area contributed by atoms with E-state index in [1.165, 1.54) is 18.9 Å². The molecule has 1 aliphatic carbocycles. The fraction of sp³-hybridized carbons (Fsp3) is 0.550. The maximum absolute atomic E-state index is 14.5. The summed E-state index contributed by atoms with van der Waals surface area (Å²) in [6, 6.07) is 4.70. The second-order valence-electron chi connectivity index (χ2n) is 7.50. The third kappa shape index (κ3) is 3.64. The van der Waals surface area contributed by atoms with Crippen molar-refractivity contribution in [1.82, 2.24) is 14.8 Å². The smallest absolute Gasteiger partial charge is 0.224 e. The van der Waals surface area contributed by atoms with Gasteiger partial charge in [0.2, 0.25) is 5.91 Å². The van der Waals surface area contributed by atoms with Crippen LogP contribution in [0.5, 0.6) is 0 Å². The Bertz CT molecular complexity index is 795. The number of hydrogen-bond donors (Lipinski definition) is 1. The van der Waals surface area contributed by atoms with E-state index in [1.807, 2.05) is 4.57 Å². The van der Waals surface area contributed by atoms with Crippen LogP contribution in [-0.4, -0.2) is 20.7 Å². The number of aryl methyl sites for hydroxylation is 1. The summed E-state index contributed by atoms with van der Waals surface area (Å²) >= 11 is 0. The molecule has 1 aromatic heterocycles. The number of hydrogen-bond acceptors (Lipinski definition) is 3. The van der Waals surface area contributed by atoms with Gasteiger partial charge in [-0.3, -0.25) is 4.79 Å². The second kappa shape index (κ2) is 7.56. The Morgan fingerprint density at radius 1 is 1.15 bits per heavy atom. The molecule has 2 heterocycles. The van der Waals surface area contributed by atoms with Gasteiger partial charge in [-0.2, -0.15) is 0 Å². The fourth-order valence-corrected chi connectivity index (χ4v) is 4.15. The molecule has 26 heavy (non-hydrogen) atoms. The van der Waals surface area contributed by atoms with Crippen LogP contribution in [0.15, 0.2) is 18.2 Å².